The zero-order valence-corrected chi connectivity index (χ0v) is 11.5. The van der Waals surface area contributed by atoms with Gasteiger partial charge in [0.15, 0.2) is 5.76 Å². The minimum Gasteiger partial charge on any atom is -0.356 e. The Morgan fingerprint density at radius 3 is 2.65 bits per heavy atom. The van der Waals surface area contributed by atoms with E-state index in [1.807, 2.05) is 18.2 Å². The maximum Gasteiger partial charge on any atom is 0.167 e. The van der Waals surface area contributed by atoms with Gasteiger partial charge in [-0.1, -0.05) is 35.5 Å². The number of nitrogens with one attached hydrogen (secondary N) is 1. The van der Waals surface area contributed by atoms with E-state index in [0.29, 0.717) is 0 Å². The molecule has 0 saturated carbocycles. The number of likely N-dealkylation sites (tertiary alicyclic amines) is 1. The lowest BCUT2D eigenvalue weighted by Crippen LogP contribution is -2.25. The molecule has 2 fully saturated rings. The molecule has 1 aromatic heterocycles. The molecule has 1 N–H and O–H groups in total. The first-order chi connectivity index (χ1) is 9.88. The number of benzene rings is 1. The minimum absolute atomic E-state index is 0.829. The lowest BCUT2D eigenvalue weighted by Gasteiger charge is -2.14. The molecule has 0 bridgehead atoms. The number of aromatic nitrogens is 1. The molecule has 0 spiro atoms. The van der Waals surface area contributed by atoms with Gasteiger partial charge >= 0.3 is 0 Å². The number of hydrogen-bond acceptors (Lipinski definition) is 4. The van der Waals surface area contributed by atoms with E-state index >= 15 is 0 Å². The summed E-state index contributed by atoms with van der Waals surface area (Å²) in [6.07, 6.45) is 0. The number of hydrogen-bond donors (Lipinski definition) is 1. The van der Waals surface area contributed by atoms with Crippen LogP contribution in [0, 0.1) is 11.8 Å². The van der Waals surface area contributed by atoms with Crippen LogP contribution in [0.25, 0.3) is 11.3 Å². The average Bonchev–Trinajstić information content (AvgIpc) is 3.16. The molecule has 0 radical (unpaired) electrons. The van der Waals surface area contributed by atoms with Crippen LogP contribution in [0.1, 0.15) is 5.69 Å². The van der Waals surface area contributed by atoms with Gasteiger partial charge in [0, 0.05) is 31.3 Å². The normalized spacial score (nSPS) is 26.0. The van der Waals surface area contributed by atoms with Gasteiger partial charge in [0.25, 0.3) is 0 Å². The van der Waals surface area contributed by atoms with Crippen LogP contribution in [0.5, 0.6) is 0 Å². The molecule has 2 unspecified atom stereocenters. The third kappa shape index (κ3) is 2.25. The number of nitrogens with zero attached hydrogens (tertiary/aromatic N) is 2. The summed E-state index contributed by atoms with van der Waals surface area (Å²) in [4.78, 5) is 2.50. The molecule has 3 heterocycles. The van der Waals surface area contributed by atoms with Crippen LogP contribution in [0.3, 0.4) is 0 Å². The molecule has 0 amide bonds. The Morgan fingerprint density at radius 1 is 1.15 bits per heavy atom. The molecule has 4 rings (SSSR count). The Hall–Kier alpha value is -1.65. The van der Waals surface area contributed by atoms with E-state index in [9.17, 15) is 0 Å². The van der Waals surface area contributed by atoms with E-state index in [0.717, 1.165) is 35.4 Å². The topological polar surface area (TPSA) is 41.3 Å². The SMILES string of the molecule is c1ccc(-c2cc(CN3CC4CNCC4C3)no2)cc1. The Bertz CT molecular complexity index is 568. The maximum atomic E-state index is 5.47. The third-order valence-electron chi connectivity index (χ3n) is 4.47. The average molecular weight is 269 g/mol. The molecule has 1 aromatic carbocycles. The van der Waals surface area contributed by atoms with Crippen LogP contribution in [-0.2, 0) is 6.54 Å². The van der Waals surface area contributed by atoms with Crippen LogP contribution in [-0.4, -0.2) is 36.2 Å². The van der Waals surface area contributed by atoms with E-state index in [1.54, 1.807) is 0 Å². The molecule has 2 aliphatic rings. The summed E-state index contributed by atoms with van der Waals surface area (Å²) in [7, 11) is 0. The van der Waals surface area contributed by atoms with Gasteiger partial charge in [0.2, 0.25) is 0 Å². The van der Waals surface area contributed by atoms with Crippen molar-refractivity contribution in [1.82, 2.24) is 15.4 Å². The second kappa shape index (κ2) is 5.04. The van der Waals surface area contributed by atoms with Gasteiger partial charge in [-0.3, -0.25) is 4.90 Å². The van der Waals surface area contributed by atoms with Crippen molar-refractivity contribution < 1.29 is 4.52 Å². The first kappa shape index (κ1) is 12.1. The maximum absolute atomic E-state index is 5.47. The standard InChI is InChI=1S/C16H19N3O/c1-2-4-12(5-3-1)16-6-15(18-20-16)11-19-9-13-7-17-8-14(13)10-19/h1-6,13-14,17H,7-11H2. The highest BCUT2D eigenvalue weighted by atomic mass is 16.5. The van der Waals surface area contributed by atoms with Crippen molar-refractivity contribution in [2.24, 2.45) is 11.8 Å². The van der Waals surface area contributed by atoms with Crippen molar-refractivity contribution in [3.8, 4) is 11.3 Å². The van der Waals surface area contributed by atoms with Gasteiger partial charge in [0.05, 0.1) is 5.69 Å². The molecule has 20 heavy (non-hydrogen) atoms. The highest BCUT2D eigenvalue weighted by Crippen LogP contribution is 2.28. The van der Waals surface area contributed by atoms with Crippen LogP contribution < -0.4 is 5.32 Å². The second-order valence-corrected chi connectivity index (χ2v) is 5.92. The van der Waals surface area contributed by atoms with E-state index in [1.165, 1.54) is 26.2 Å². The Morgan fingerprint density at radius 2 is 1.90 bits per heavy atom. The number of fused-ring (bicyclic) bond motifs is 1. The largest absolute Gasteiger partial charge is 0.356 e. The van der Waals surface area contributed by atoms with Crippen molar-refractivity contribution in [2.75, 3.05) is 26.2 Å². The van der Waals surface area contributed by atoms with Crippen molar-refractivity contribution in [1.29, 1.82) is 0 Å². The summed E-state index contributed by atoms with van der Waals surface area (Å²) in [6.45, 7) is 5.63. The van der Waals surface area contributed by atoms with E-state index < -0.39 is 0 Å². The quantitative estimate of drug-likeness (QED) is 0.925. The van der Waals surface area contributed by atoms with Crippen LogP contribution in [0.4, 0.5) is 0 Å². The summed E-state index contributed by atoms with van der Waals surface area (Å²) in [5, 5.41) is 7.69. The van der Waals surface area contributed by atoms with Crippen molar-refractivity contribution in [3.63, 3.8) is 0 Å². The fraction of sp³-hybridized carbons (Fsp3) is 0.438. The van der Waals surface area contributed by atoms with E-state index in [-0.39, 0.29) is 0 Å². The lowest BCUT2D eigenvalue weighted by atomic mass is 10.0. The first-order valence-electron chi connectivity index (χ1n) is 7.32. The molecule has 2 aliphatic heterocycles. The van der Waals surface area contributed by atoms with Gasteiger partial charge in [0.1, 0.15) is 0 Å². The van der Waals surface area contributed by atoms with Crippen molar-refractivity contribution >= 4 is 0 Å². The Kier molecular flexibility index (Phi) is 3.05. The van der Waals surface area contributed by atoms with Gasteiger partial charge in [-0.15, -0.1) is 0 Å². The molecule has 2 atom stereocenters. The Labute approximate surface area is 118 Å². The third-order valence-corrected chi connectivity index (χ3v) is 4.47. The molecule has 0 aliphatic carbocycles. The number of rotatable bonds is 3. The minimum atomic E-state index is 0.829. The smallest absolute Gasteiger partial charge is 0.167 e. The molecule has 4 heteroatoms. The van der Waals surface area contributed by atoms with Crippen molar-refractivity contribution in [3.05, 3.63) is 42.1 Å². The summed E-state index contributed by atoms with van der Waals surface area (Å²) in [5.74, 6) is 2.52. The monoisotopic (exact) mass is 269 g/mol. The highest BCUT2D eigenvalue weighted by Gasteiger charge is 2.36. The molecule has 2 aromatic rings. The van der Waals surface area contributed by atoms with Gasteiger partial charge < -0.3 is 9.84 Å². The zero-order chi connectivity index (χ0) is 13.4. The second-order valence-electron chi connectivity index (χ2n) is 5.92. The Balaban J connectivity index is 1.44. The summed E-state index contributed by atoms with van der Waals surface area (Å²) in [6, 6.07) is 12.2. The molecule has 104 valence electrons. The van der Waals surface area contributed by atoms with Gasteiger partial charge in [-0.25, -0.2) is 0 Å². The van der Waals surface area contributed by atoms with Crippen LogP contribution in [0.2, 0.25) is 0 Å². The van der Waals surface area contributed by atoms with Gasteiger partial charge in [-0.2, -0.15) is 0 Å². The molecular formula is C16H19N3O. The molecular weight excluding hydrogens is 250 g/mol. The summed E-state index contributed by atoms with van der Waals surface area (Å²) in [5.41, 5.74) is 2.13. The van der Waals surface area contributed by atoms with Crippen molar-refractivity contribution in [2.45, 2.75) is 6.54 Å². The van der Waals surface area contributed by atoms with E-state index in [4.69, 9.17) is 4.52 Å². The van der Waals surface area contributed by atoms with Crippen LogP contribution >= 0.6 is 0 Å². The summed E-state index contributed by atoms with van der Waals surface area (Å²) < 4.78 is 5.47. The summed E-state index contributed by atoms with van der Waals surface area (Å²) >= 11 is 0. The predicted molar refractivity (Wildman–Crippen MR) is 77.1 cm³/mol. The van der Waals surface area contributed by atoms with E-state index in [2.05, 4.69) is 33.6 Å². The fourth-order valence-electron chi connectivity index (χ4n) is 3.44. The first-order valence-corrected chi connectivity index (χ1v) is 7.32. The predicted octanol–water partition coefficient (Wildman–Crippen LogP) is 1.99. The fourth-order valence-corrected chi connectivity index (χ4v) is 3.44. The highest BCUT2D eigenvalue weighted by molar-refractivity contribution is 5.56. The van der Waals surface area contributed by atoms with Crippen LogP contribution in [0.15, 0.2) is 40.9 Å². The van der Waals surface area contributed by atoms with Gasteiger partial charge in [-0.05, 0) is 24.9 Å². The molecule has 2 saturated heterocycles. The zero-order valence-electron chi connectivity index (χ0n) is 11.5. The lowest BCUT2D eigenvalue weighted by molar-refractivity contribution is 0.293. The molecule has 4 nitrogen and oxygen atoms in total.